The van der Waals surface area contributed by atoms with E-state index in [0.717, 1.165) is 5.69 Å². The predicted molar refractivity (Wildman–Crippen MR) is 125 cm³/mol. The largest absolute Gasteiger partial charge is 0.467 e. The summed E-state index contributed by atoms with van der Waals surface area (Å²) in [6.45, 7) is 5.17. The van der Waals surface area contributed by atoms with Crippen LogP contribution in [0, 0.1) is 5.41 Å². The van der Waals surface area contributed by atoms with Gasteiger partial charge in [0.15, 0.2) is 5.78 Å². The third-order valence-electron chi connectivity index (χ3n) is 4.93. The van der Waals surface area contributed by atoms with Crippen LogP contribution in [0.3, 0.4) is 0 Å². The summed E-state index contributed by atoms with van der Waals surface area (Å²) in [6.07, 6.45) is 4.81. The normalized spacial score (nSPS) is 12.5. The van der Waals surface area contributed by atoms with Crippen molar-refractivity contribution < 1.29 is 9.53 Å². The molecule has 0 saturated heterocycles. The number of anilines is 1. The summed E-state index contributed by atoms with van der Waals surface area (Å²) in [5.41, 5.74) is 10.5. The molecule has 0 saturated carbocycles. The van der Waals surface area contributed by atoms with Crippen molar-refractivity contribution in [3.05, 3.63) is 83.1 Å². The number of Topliss-reactive ketones (excluding diaryl/α,β-unsaturated/α-hetero) is 1. The van der Waals surface area contributed by atoms with Crippen LogP contribution in [0.4, 0.5) is 5.69 Å². The van der Waals surface area contributed by atoms with Gasteiger partial charge in [-0.05, 0) is 44.5 Å². The number of aromatic nitrogens is 3. The van der Waals surface area contributed by atoms with Crippen molar-refractivity contribution in [2.24, 2.45) is 5.73 Å². The number of hydrogen-bond acceptors (Lipinski definition) is 8. The molecule has 4 N–H and O–H groups in total. The summed E-state index contributed by atoms with van der Waals surface area (Å²) in [6, 6.07) is 11.2. The van der Waals surface area contributed by atoms with E-state index in [2.05, 4.69) is 20.3 Å². The van der Waals surface area contributed by atoms with Gasteiger partial charge in [-0.3, -0.25) is 15.2 Å². The Hall–Kier alpha value is -4.07. The second kappa shape index (κ2) is 9.82. The van der Waals surface area contributed by atoms with E-state index in [0.29, 0.717) is 33.6 Å². The highest BCUT2D eigenvalue weighted by Gasteiger charge is 2.18. The molecule has 1 atom stereocenters. The molecule has 3 aromatic rings. The van der Waals surface area contributed by atoms with Crippen molar-refractivity contribution in [2.45, 2.75) is 26.8 Å². The molecule has 0 amide bonds. The van der Waals surface area contributed by atoms with Crippen LogP contribution in [0.25, 0.3) is 5.57 Å². The highest BCUT2D eigenvalue weighted by atomic mass is 16.5. The predicted octanol–water partition coefficient (Wildman–Crippen LogP) is 3.75. The Morgan fingerprint density at radius 2 is 1.81 bits per heavy atom. The molecular formula is C24H26N6O2. The molecule has 0 spiro atoms. The van der Waals surface area contributed by atoms with Crippen LogP contribution < -0.4 is 15.8 Å². The maximum atomic E-state index is 12.2. The van der Waals surface area contributed by atoms with Crippen molar-refractivity contribution in [1.29, 1.82) is 5.41 Å². The number of rotatable bonds is 8. The third kappa shape index (κ3) is 4.97. The van der Waals surface area contributed by atoms with Crippen LogP contribution in [0.2, 0.25) is 0 Å². The molecule has 8 nitrogen and oxygen atoms in total. The van der Waals surface area contributed by atoms with Gasteiger partial charge < -0.3 is 15.8 Å². The monoisotopic (exact) mass is 430 g/mol. The van der Waals surface area contributed by atoms with Crippen molar-refractivity contribution in [3.63, 3.8) is 0 Å². The summed E-state index contributed by atoms with van der Waals surface area (Å²) < 4.78 is 5.01. The molecule has 0 aliphatic rings. The molecule has 0 bridgehead atoms. The van der Waals surface area contributed by atoms with Crippen molar-refractivity contribution >= 4 is 22.8 Å². The topological polar surface area (TPSA) is 127 Å². The number of pyridine rings is 1. The van der Waals surface area contributed by atoms with E-state index in [-0.39, 0.29) is 23.5 Å². The zero-order valence-corrected chi connectivity index (χ0v) is 18.5. The molecule has 1 aromatic carbocycles. The smallest absolute Gasteiger partial charge is 0.316 e. The number of nitrogens with zero attached hydrogens (tertiary/aromatic N) is 3. The van der Waals surface area contributed by atoms with E-state index in [1.54, 1.807) is 37.6 Å². The van der Waals surface area contributed by atoms with Crippen LogP contribution >= 0.6 is 0 Å². The highest BCUT2D eigenvalue weighted by Crippen LogP contribution is 2.29. The number of carbonyl (C=O) groups is 1. The molecule has 0 unspecified atom stereocenters. The average molecular weight is 431 g/mol. The molecular weight excluding hydrogens is 404 g/mol. The van der Waals surface area contributed by atoms with Crippen LogP contribution in [0.1, 0.15) is 49.2 Å². The van der Waals surface area contributed by atoms with Crippen LogP contribution in [-0.2, 0) is 4.79 Å². The van der Waals surface area contributed by atoms with E-state index in [4.69, 9.17) is 15.9 Å². The molecule has 3 rings (SSSR count). The number of benzene rings is 1. The van der Waals surface area contributed by atoms with Gasteiger partial charge >= 0.3 is 6.01 Å². The maximum Gasteiger partial charge on any atom is 0.316 e. The first kappa shape index (κ1) is 22.6. The van der Waals surface area contributed by atoms with Crippen molar-refractivity contribution in [3.8, 4) is 6.01 Å². The lowest BCUT2D eigenvalue weighted by Crippen LogP contribution is -2.14. The van der Waals surface area contributed by atoms with E-state index in [9.17, 15) is 4.79 Å². The minimum absolute atomic E-state index is 0.125. The van der Waals surface area contributed by atoms with Gasteiger partial charge in [-0.2, -0.15) is 0 Å². The molecule has 0 radical (unpaired) electrons. The summed E-state index contributed by atoms with van der Waals surface area (Å²) in [4.78, 5) is 24.8. The number of ether oxygens (including phenoxy) is 1. The number of nitrogens with one attached hydrogen (secondary N) is 2. The molecule has 164 valence electrons. The third-order valence-corrected chi connectivity index (χ3v) is 4.93. The van der Waals surface area contributed by atoms with Gasteiger partial charge in [-0.1, -0.05) is 18.2 Å². The SMILES string of the molecule is COc1ncc(C(=N)c2ccc(C(C(C)=O)=C(C)N)cc2N[C@@H](C)c2ccccn2)cn1. The molecule has 2 heterocycles. The molecule has 0 fully saturated rings. The second-order valence-corrected chi connectivity index (χ2v) is 7.33. The highest BCUT2D eigenvalue weighted by molar-refractivity contribution is 6.21. The Kier molecular flexibility index (Phi) is 6.94. The van der Waals surface area contributed by atoms with Gasteiger partial charge in [0, 0.05) is 46.7 Å². The average Bonchev–Trinajstić information content (AvgIpc) is 2.79. The Morgan fingerprint density at radius 3 is 2.38 bits per heavy atom. The van der Waals surface area contributed by atoms with Gasteiger partial charge in [0.05, 0.1) is 24.6 Å². The van der Waals surface area contributed by atoms with E-state index in [1.165, 1.54) is 14.0 Å². The number of hydrogen-bond donors (Lipinski definition) is 3. The second-order valence-electron chi connectivity index (χ2n) is 7.33. The summed E-state index contributed by atoms with van der Waals surface area (Å²) in [5, 5.41) is 12.2. The zero-order chi connectivity index (χ0) is 23.3. The van der Waals surface area contributed by atoms with Gasteiger partial charge in [0.1, 0.15) is 0 Å². The van der Waals surface area contributed by atoms with Gasteiger partial charge in [0.25, 0.3) is 0 Å². The number of methoxy groups -OCH3 is 1. The number of carbonyl (C=O) groups excluding carboxylic acids is 1. The standard InChI is InChI=1S/C24H26N6O2/c1-14(25)22(16(3)31)17-8-9-19(23(26)18-12-28-24(32-4)29-13-18)21(11-17)30-15(2)20-7-5-6-10-27-20/h5-13,15,26,30H,25H2,1-4H3/t15-/m0/s1. The number of allylic oxidation sites excluding steroid dienone is 2. The van der Waals surface area contributed by atoms with E-state index in [1.807, 2.05) is 31.2 Å². The fourth-order valence-corrected chi connectivity index (χ4v) is 3.39. The van der Waals surface area contributed by atoms with E-state index < -0.39 is 0 Å². The lowest BCUT2D eigenvalue weighted by atomic mass is 9.95. The van der Waals surface area contributed by atoms with E-state index >= 15 is 0 Å². The molecule has 32 heavy (non-hydrogen) atoms. The zero-order valence-electron chi connectivity index (χ0n) is 18.5. The first-order valence-corrected chi connectivity index (χ1v) is 10.1. The molecule has 2 aromatic heterocycles. The van der Waals surface area contributed by atoms with Gasteiger partial charge in [-0.15, -0.1) is 0 Å². The van der Waals surface area contributed by atoms with Crippen LogP contribution in [-0.4, -0.2) is 33.6 Å². The Morgan fingerprint density at radius 1 is 1.09 bits per heavy atom. The Labute approximate surface area is 187 Å². The minimum atomic E-state index is -0.145. The first-order chi connectivity index (χ1) is 15.3. The lowest BCUT2D eigenvalue weighted by molar-refractivity contribution is -0.111. The molecule has 0 aliphatic heterocycles. The van der Waals surface area contributed by atoms with Gasteiger partial charge in [0.2, 0.25) is 0 Å². The quantitative estimate of drug-likeness (QED) is 0.367. The summed E-state index contributed by atoms with van der Waals surface area (Å²) in [5.74, 6) is -0.125. The van der Waals surface area contributed by atoms with Crippen molar-refractivity contribution in [2.75, 3.05) is 12.4 Å². The van der Waals surface area contributed by atoms with Crippen LogP contribution in [0.15, 0.2) is 60.7 Å². The fourth-order valence-electron chi connectivity index (χ4n) is 3.39. The van der Waals surface area contributed by atoms with Crippen molar-refractivity contribution in [1.82, 2.24) is 15.0 Å². The minimum Gasteiger partial charge on any atom is -0.467 e. The maximum absolute atomic E-state index is 12.2. The Balaban J connectivity index is 2.07. The van der Waals surface area contributed by atoms with Crippen LogP contribution in [0.5, 0.6) is 6.01 Å². The first-order valence-electron chi connectivity index (χ1n) is 10.1. The molecule has 8 heteroatoms. The molecule has 0 aliphatic carbocycles. The fraction of sp³-hybridized carbons (Fsp3) is 0.208. The lowest BCUT2D eigenvalue weighted by Gasteiger charge is -2.20. The van der Waals surface area contributed by atoms with Gasteiger partial charge in [-0.25, -0.2) is 9.97 Å². The summed E-state index contributed by atoms with van der Waals surface area (Å²) in [7, 11) is 1.49. The Bertz CT molecular complexity index is 1150. The summed E-state index contributed by atoms with van der Waals surface area (Å²) >= 11 is 0. The number of ketones is 1. The number of nitrogens with two attached hydrogens (primary N) is 1.